The van der Waals surface area contributed by atoms with Crippen LogP contribution in [0.4, 0.5) is 0 Å². The first-order chi connectivity index (χ1) is 13.8. The zero-order valence-electron chi connectivity index (χ0n) is 17.4. The summed E-state index contributed by atoms with van der Waals surface area (Å²) in [5.74, 6) is 0.309. The number of benzene rings is 2. The maximum absolute atomic E-state index is 13.0. The van der Waals surface area contributed by atoms with Crippen LogP contribution in [0.5, 0.6) is 5.75 Å². The van der Waals surface area contributed by atoms with E-state index in [0.29, 0.717) is 29.8 Å². The van der Waals surface area contributed by atoms with Gasteiger partial charge in [-0.15, -0.1) is 0 Å². The minimum Gasteiger partial charge on any atom is -0.482 e. The van der Waals surface area contributed by atoms with E-state index >= 15 is 0 Å². The van der Waals surface area contributed by atoms with Crippen LogP contribution in [0.1, 0.15) is 31.9 Å². The van der Waals surface area contributed by atoms with Gasteiger partial charge in [0.15, 0.2) is 6.61 Å². The van der Waals surface area contributed by atoms with E-state index in [4.69, 9.17) is 16.3 Å². The summed E-state index contributed by atoms with van der Waals surface area (Å²) < 4.78 is 5.62. The Balaban J connectivity index is 2.16. The van der Waals surface area contributed by atoms with Crippen molar-refractivity contribution in [2.75, 3.05) is 13.2 Å². The smallest absolute Gasteiger partial charge is 0.261 e. The lowest BCUT2D eigenvalue weighted by Gasteiger charge is -2.29. The second kappa shape index (κ2) is 10.9. The molecule has 0 saturated heterocycles. The number of carbonyl (C=O) groups is 2. The molecule has 0 radical (unpaired) electrons. The first kappa shape index (κ1) is 22.8. The quantitative estimate of drug-likeness (QED) is 0.665. The summed E-state index contributed by atoms with van der Waals surface area (Å²) in [6, 6.07) is 14.2. The third kappa shape index (κ3) is 6.79. The Morgan fingerprint density at radius 1 is 1.07 bits per heavy atom. The highest BCUT2D eigenvalue weighted by Gasteiger charge is 2.27. The molecule has 0 aliphatic rings. The molecular weight excluding hydrogens is 388 g/mol. The number of ether oxygens (including phenoxy) is 1. The molecule has 156 valence electrons. The second-order valence-corrected chi connectivity index (χ2v) is 7.89. The molecule has 0 aliphatic carbocycles. The Morgan fingerprint density at radius 2 is 1.72 bits per heavy atom. The number of aryl methyl sites for hydroxylation is 1. The Labute approximate surface area is 178 Å². The SMILES string of the molecule is Cc1ccccc1CN(C(=O)COc1ccccc1Cl)C(C)C(=O)NCC(C)C. The number of carbonyl (C=O) groups excluding carboxylic acids is 2. The summed E-state index contributed by atoms with van der Waals surface area (Å²) in [7, 11) is 0. The molecule has 0 spiro atoms. The van der Waals surface area contributed by atoms with Crippen molar-refractivity contribution >= 4 is 23.4 Å². The number of halogens is 1. The molecule has 0 heterocycles. The fourth-order valence-corrected chi connectivity index (χ4v) is 2.98. The molecule has 2 rings (SSSR count). The van der Waals surface area contributed by atoms with Gasteiger partial charge in [-0.2, -0.15) is 0 Å². The average molecular weight is 417 g/mol. The van der Waals surface area contributed by atoms with Crippen molar-refractivity contribution in [3.63, 3.8) is 0 Å². The predicted molar refractivity (Wildman–Crippen MR) is 116 cm³/mol. The first-order valence-electron chi connectivity index (χ1n) is 9.78. The zero-order valence-corrected chi connectivity index (χ0v) is 18.2. The minimum atomic E-state index is -0.629. The van der Waals surface area contributed by atoms with Crippen LogP contribution in [0.25, 0.3) is 0 Å². The first-order valence-corrected chi connectivity index (χ1v) is 10.2. The van der Waals surface area contributed by atoms with Crippen molar-refractivity contribution in [3.8, 4) is 5.75 Å². The van der Waals surface area contributed by atoms with Gasteiger partial charge in [0.05, 0.1) is 5.02 Å². The van der Waals surface area contributed by atoms with Gasteiger partial charge in [-0.25, -0.2) is 0 Å². The summed E-state index contributed by atoms with van der Waals surface area (Å²) in [6.45, 7) is 8.47. The number of hydrogen-bond donors (Lipinski definition) is 1. The van der Waals surface area contributed by atoms with Crippen molar-refractivity contribution < 1.29 is 14.3 Å². The topological polar surface area (TPSA) is 58.6 Å². The minimum absolute atomic E-state index is 0.182. The number of hydrogen-bond acceptors (Lipinski definition) is 3. The Kier molecular flexibility index (Phi) is 8.52. The molecule has 2 aromatic carbocycles. The summed E-state index contributed by atoms with van der Waals surface area (Å²) in [6.07, 6.45) is 0. The number of nitrogens with zero attached hydrogens (tertiary/aromatic N) is 1. The third-order valence-corrected chi connectivity index (χ3v) is 4.95. The number of rotatable bonds is 9. The summed E-state index contributed by atoms with van der Waals surface area (Å²) in [4.78, 5) is 27.2. The molecule has 29 heavy (non-hydrogen) atoms. The summed E-state index contributed by atoms with van der Waals surface area (Å²) in [5, 5.41) is 3.34. The molecule has 2 aromatic rings. The van der Waals surface area contributed by atoms with Gasteiger partial charge in [0, 0.05) is 13.1 Å². The molecule has 1 N–H and O–H groups in total. The van der Waals surface area contributed by atoms with E-state index < -0.39 is 6.04 Å². The highest BCUT2D eigenvalue weighted by molar-refractivity contribution is 6.32. The molecule has 0 aromatic heterocycles. The van der Waals surface area contributed by atoms with Crippen molar-refractivity contribution in [3.05, 3.63) is 64.7 Å². The average Bonchev–Trinajstić information content (AvgIpc) is 2.70. The zero-order chi connectivity index (χ0) is 21.4. The van der Waals surface area contributed by atoms with Crippen molar-refractivity contribution in [2.24, 2.45) is 5.92 Å². The van der Waals surface area contributed by atoms with Gasteiger partial charge in [-0.3, -0.25) is 9.59 Å². The van der Waals surface area contributed by atoms with Gasteiger partial charge >= 0.3 is 0 Å². The molecule has 0 aliphatic heterocycles. The van der Waals surface area contributed by atoms with Crippen molar-refractivity contribution in [1.29, 1.82) is 0 Å². The maximum atomic E-state index is 13.0. The lowest BCUT2D eigenvalue weighted by molar-refractivity contribution is -0.142. The second-order valence-electron chi connectivity index (χ2n) is 7.48. The fourth-order valence-electron chi connectivity index (χ4n) is 2.79. The van der Waals surface area contributed by atoms with E-state index in [-0.39, 0.29) is 18.4 Å². The number of para-hydroxylation sites is 1. The van der Waals surface area contributed by atoms with E-state index in [9.17, 15) is 9.59 Å². The largest absolute Gasteiger partial charge is 0.482 e. The summed E-state index contributed by atoms with van der Waals surface area (Å²) >= 11 is 6.11. The van der Waals surface area contributed by atoms with Crippen LogP contribution in [0, 0.1) is 12.8 Å². The standard InChI is InChI=1S/C23H29ClN2O3/c1-16(2)13-25-23(28)18(4)26(14-19-10-6-5-9-17(19)3)22(27)15-29-21-12-8-7-11-20(21)24/h5-12,16,18H,13-15H2,1-4H3,(H,25,28). The van der Waals surface area contributed by atoms with Crippen molar-refractivity contribution in [1.82, 2.24) is 10.2 Å². The summed E-state index contributed by atoms with van der Waals surface area (Å²) in [5.41, 5.74) is 2.05. The highest BCUT2D eigenvalue weighted by Crippen LogP contribution is 2.23. The molecule has 1 atom stereocenters. The molecular formula is C23H29ClN2O3. The van der Waals surface area contributed by atoms with Crippen LogP contribution in [0.2, 0.25) is 5.02 Å². The van der Waals surface area contributed by atoms with Gasteiger partial charge in [-0.05, 0) is 43.0 Å². The van der Waals surface area contributed by atoms with E-state index in [1.807, 2.05) is 45.0 Å². The lowest BCUT2D eigenvalue weighted by Crippen LogP contribution is -2.49. The lowest BCUT2D eigenvalue weighted by atomic mass is 10.1. The van der Waals surface area contributed by atoms with Crippen LogP contribution in [-0.2, 0) is 16.1 Å². The van der Waals surface area contributed by atoms with E-state index in [1.54, 1.807) is 36.1 Å². The Morgan fingerprint density at radius 3 is 2.38 bits per heavy atom. The number of amides is 2. The van der Waals surface area contributed by atoms with Crippen LogP contribution in [0.15, 0.2) is 48.5 Å². The van der Waals surface area contributed by atoms with Crippen LogP contribution < -0.4 is 10.1 Å². The number of nitrogens with one attached hydrogen (secondary N) is 1. The molecule has 1 unspecified atom stereocenters. The molecule has 6 heteroatoms. The van der Waals surface area contributed by atoms with Gasteiger partial charge in [-0.1, -0.05) is 61.8 Å². The third-order valence-electron chi connectivity index (χ3n) is 4.64. The highest BCUT2D eigenvalue weighted by atomic mass is 35.5. The molecule has 0 saturated carbocycles. The fraction of sp³-hybridized carbons (Fsp3) is 0.391. The molecule has 0 bridgehead atoms. The van der Waals surface area contributed by atoms with Crippen LogP contribution >= 0.6 is 11.6 Å². The normalized spacial score (nSPS) is 11.8. The molecule has 2 amide bonds. The van der Waals surface area contributed by atoms with Gasteiger partial charge in [0.1, 0.15) is 11.8 Å². The van der Waals surface area contributed by atoms with E-state index in [1.165, 1.54) is 0 Å². The van der Waals surface area contributed by atoms with Gasteiger partial charge in [0.25, 0.3) is 5.91 Å². The Bertz CT molecular complexity index is 838. The van der Waals surface area contributed by atoms with Gasteiger partial charge < -0.3 is 15.0 Å². The van der Waals surface area contributed by atoms with E-state index in [2.05, 4.69) is 5.32 Å². The maximum Gasteiger partial charge on any atom is 0.261 e. The van der Waals surface area contributed by atoms with Crippen LogP contribution in [-0.4, -0.2) is 35.9 Å². The van der Waals surface area contributed by atoms with E-state index in [0.717, 1.165) is 11.1 Å². The Hall–Kier alpha value is -2.53. The van der Waals surface area contributed by atoms with Crippen molar-refractivity contribution in [2.45, 2.75) is 40.3 Å². The molecule has 5 nitrogen and oxygen atoms in total. The predicted octanol–water partition coefficient (Wildman–Crippen LogP) is 4.22. The molecule has 0 fully saturated rings. The van der Waals surface area contributed by atoms with Gasteiger partial charge in [0.2, 0.25) is 5.91 Å². The van der Waals surface area contributed by atoms with Crippen LogP contribution in [0.3, 0.4) is 0 Å². The monoisotopic (exact) mass is 416 g/mol.